The summed E-state index contributed by atoms with van der Waals surface area (Å²) >= 11 is 0. The number of aliphatic carboxylic acids is 1. The Bertz CT molecular complexity index is 540. The normalized spacial score (nSPS) is 12.2. The zero-order valence-electron chi connectivity index (χ0n) is 8.38. The molecule has 2 rings (SSSR count). The van der Waals surface area contributed by atoms with Crippen LogP contribution < -0.4 is 0 Å². The summed E-state index contributed by atoms with van der Waals surface area (Å²) in [7, 11) is 0. The molecule has 0 fully saturated rings. The monoisotopic (exact) mass is 213 g/mol. The SMILES string of the molecule is O=[C]C(C(=O)O)c1cccc2ccccc12. The first kappa shape index (κ1) is 10.4. The maximum Gasteiger partial charge on any atom is 0.319 e. The average molecular weight is 213 g/mol. The Morgan fingerprint density at radius 1 is 1.12 bits per heavy atom. The lowest BCUT2D eigenvalue weighted by molar-refractivity contribution is -0.137. The maximum absolute atomic E-state index is 10.9. The summed E-state index contributed by atoms with van der Waals surface area (Å²) in [6.45, 7) is 0. The predicted molar refractivity (Wildman–Crippen MR) is 60.0 cm³/mol. The minimum atomic E-state index is -1.22. The molecule has 3 heteroatoms. The van der Waals surface area contributed by atoms with Gasteiger partial charge < -0.3 is 5.11 Å². The molecular weight excluding hydrogens is 204 g/mol. The van der Waals surface area contributed by atoms with Crippen LogP contribution in [-0.2, 0) is 9.59 Å². The van der Waals surface area contributed by atoms with Crippen molar-refractivity contribution < 1.29 is 14.7 Å². The van der Waals surface area contributed by atoms with E-state index in [9.17, 15) is 9.59 Å². The highest BCUT2D eigenvalue weighted by molar-refractivity contribution is 5.99. The van der Waals surface area contributed by atoms with Gasteiger partial charge in [0.1, 0.15) is 5.92 Å². The molecule has 0 amide bonds. The second-order valence-corrected chi connectivity index (χ2v) is 3.46. The third-order valence-corrected chi connectivity index (χ3v) is 2.50. The second-order valence-electron chi connectivity index (χ2n) is 3.46. The van der Waals surface area contributed by atoms with E-state index in [4.69, 9.17) is 5.11 Å². The van der Waals surface area contributed by atoms with Crippen LogP contribution in [0.5, 0.6) is 0 Å². The smallest absolute Gasteiger partial charge is 0.319 e. The number of hydrogen-bond donors (Lipinski definition) is 1. The van der Waals surface area contributed by atoms with Crippen molar-refractivity contribution in [1.82, 2.24) is 0 Å². The molecule has 0 aliphatic carbocycles. The molecule has 79 valence electrons. The number of benzene rings is 2. The summed E-state index contributed by atoms with van der Waals surface area (Å²) in [4.78, 5) is 21.6. The van der Waals surface area contributed by atoms with E-state index in [0.29, 0.717) is 5.56 Å². The molecule has 3 nitrogen and oxygen atoms in total. The fourth-order valence-electron chi connectivity index (χ4n) is 1.75. The summed E-state index contributed by atoms with van der Waals surface area (Å²) in [6, 6.07) is 12.6. The Morgan fingerprint density at radius 2 is 1.81 bits per heavy atom. The first-order valence-corrected chi connectivity index (χ1v) is 4.82. The molecule has 1 N–H and O–H groups in total. The number of carbonyl (C=O) groups is 1. The standard InChI is InChI=1S/C13H9O3/c14-8-12(13(15)16)11-7-3-5-9-4-1-2-6-10(9)11/h1-7,12H,(H,15,16). The minimum absolute atomic E-state index is 0.487. The van der Waals surface area contributed by atoms with E-state index in [1.165, 1.54) is 0 Å². The lowest BCUT2D eigenvalue weighted by Crippen LogP contribution is -2.13. The van der Waals surface area contributed by atoms with Crippen molar-refractivity contribution in [3.8, 4) is 0 Å². The van der Waals surface area contributed by atoms with Crippen LogP contribution >= 0.6 is 0 Å². The second kappa shape index (κ2) is 4.14. The van der Waals surface area contributed by atoms with Crippen molar-refractivity contribution in [1.29, 1.82) is 0 Å². The van der Waals surface area contributed by atoms with Crippen molar-refractivity contribution in [2.45, 2.75) is 5.92 Å². The van der Waals surface area contributed by atoms with Gasteiger partial charge in [0.2, 0.25) is 6.29 Å². The van der Waals surface area contributed by atoms with Crippen LogP contribution in [0.4, 0.5) is 0 Å². The molecule has 0 aromatic heterocycles. The quantitative estimate of drug-likeness (QED) is 0.794. The van der Waals surface area contributed by atoms with E-state index >= 15 is 0 Å². The molecule has 1 unspecified atom stereocenters. The molecule has 0 saturated heterocycles. The number of carbonyl (C=O) groups excluding carboxylic acids is 1. The summed E-state index contributed by atoms with van der Waals surface area (Å²) in [5.41, 5.74) is 0.487. The lowest BCUT2D eigenvalue weighted by Gasteiger charge is -2.08. The Morgan fingerprint density at radius 3 is 2.50 bits per heavy atom. The van der Waals surface area contributed by atoms with Crippen LogP contribution in [0.25, 0.3) is 10.8 Å². The molecule has 2 aromatic rings. The highest BCUT2D eigenvalue weighted by Gasteiger charge is 2.21. The fourth-order valence-corrected chi connectivity index (χ4v) is 1.75. The van der Waals surface area contributed by atoms with Crippen molar-refractivity contribution in [2.75, 3.05) is 0 Å². The molecule has 1 atom stereocenters. The van der Waals surface area contributed by atoms with Gasteiger partial charge in [-0.15, -0.1) is 0 Å². The fraction of sp³-hybridized carbons (Fsp3) is 0.0769. The highest BCUT2D eigenvalue weighted by Crippen LogP contribution is 2.24. The Balaban J connectivity index is 2.68. The van der Waals surface area contributed by atoms with Gasteiger partial charge in [-0.05, 0) is 16.3 Å². The molecule has 0 aliphatic heterocycles. The van der Waals surface area contributed by atoms with Crippen molar-refractivity contribution in [2.24, 2.45) is 0 Å². The molecule has 0 bridgehead atoms. The van der Waals surface area contributed by atoms with E-state index in [2.05, 4.69) is 0 Å². The van der Waals surface area contributed by atoms with Crippen LogP contribution in [0, 0.1) is 0 Å². The van der Waals surface area contributed by atoms with Gasteiger partial charge in [-0.3, -0.25) is 9.59 Å². The van der Waals surface area contributed by atoms with E-state index in [1.54, 1.807) is 24.5 Å². The van der Waals surface area contributed by atoms with Crippen molar-refractivity contribution >= 4 is 23.0 Å². The van der Waals surface area contributed by atoms with Crippen LogP contribution in [0.2, 0.25) is 0 Å². The van der Waals surface area contributed by atoms with Gasteiger partial charge >= 0.3 is 5.97 Å². The summed E-state index contributed by atoms with van der Waals surface area (Å²) in [5.74, 6) is -2.39. The molecule has 0 spiro atoms. The summed E-state index contributed by atoms with van der Waals surface area (Å²) in [6.07, 6.45) is 1.56. The lowest BCUT2D eigenvalue weighted by atomic mass is 9.94. The zero-order chi connectivity index (χ0) is 11.5. The van der Waals surface area contributed by atoms with Gasteiger partial charge in [0.05, 0.1) is 0 Å². The van der Waals surface area contributed by atoms with Crippen LogP contribution in [0.15, 0.2) is 42.5 Å². The number of hydrogen-bond acceptors (Lipinski definition) is 2. The van der Waals surface area contributed by atoms with Gasteiger partial charge in [0.15, 0.2) is 0 Å². The Hall–Kier alpha value is -2.16. The maximum atomic E-state index is 10.9. The van der Waals surface area contributed by atoms with Crippen LogP contribution in [0.3, 0.4) is 0 Å². The molecule has 16 heavy (non-hydrogen) atoms. The molecule has 0 aliphatic rings. The van der Waals surface area contributed by atoms with E-state index in [0.717, 1.165) is 10.8 Å². The zero-order valence-corrected chi connectivity index (χ0v) is 8.38. The molecular formula is C13H9O3. The van der Waals surface area contributed by atoms with E-state index in [-0.39, 0.29) is 0 Å². The first-order valence-electron chi connectivity index (χ1n) is 4.82. The molecule has 0 heterocycles. The van der Waals surface area contributed by atoms with Gasteiger partial charge in [-0.2, -0.15) is 0 Å². The number of rotatable bonds is 3. The molecule has 0 saturated carbocycles. The number of carboxylic acid groups (broad SMARTS) is 1. The summed E-state index contributed by atoms with van der Waals surface area (Å²) < 4.78 is 0. The van der Waals surface area contributed by atoms with Gasteiger partial charge in [-0.1, -0.05) is 42.5 Å². The van der Waals surface area contributed by atoms with Gasteiger partial charge in [-0.25, -0.2) is 0 Å². The van der Waals surface area contributed by atoms with Gasteiger partial charge in [0, 0.05) is 0 Å². The van der Waals surface area contributed by atoms with E-state index in [1.807, 2.05) is 24.3 Å². The Kier molecular flexibility index (Phi) is 2.68. The third-order valence-electron chi connectivity index (χ3n) is 2.50. The van der Waals surface area contributed by atoms with Crippen LogP contribution in [0.1, 0.15) is 11.5 Å². The third kappa shape index (κ3) is 1.67. The number of carboxylic acids is 1. The number of fused-ring (bicyclic) bond motifs is 1. The van der Waals surface area contributed by atoms with Gasteiger partial charge in [0.25, 0.3) is 0 Å². The van der Waals surface area contributed by atoms with E-state index < -0.39 is 11.9 Å². The molecule has 1 radical (unpaired) electrons. The average Bonchev–Trinajstić information content (AvgIpc) is 2.30. The predicted octanol–water partition coefficient (Wildman–Crippen LogP) is 2.12. The summed E-state index contributed by atoms with van der Waals surface area (Å²) in [5, 5.41) is 10.6. The van der Waals surface area contributed by atoms with Crippen molar-refractivity contribution in [3.05, 3.63) is 48.0 Å². The van der Waals surface area contributed by atoms with Crippen molar-refractivity contribution in [3.63, 3.8) is 0 Å². The minimum Gasteiger partial charge on any atom is -0.480 e. The molecule has 2 aromatic carbocycles. The topological polar surface area (TPSA) is 54.4 Å². The largest absolute Gasteiger partial charge is 0.480 e. The first-order chi connectivity index (χ1) is 7.74. The Labute approximate surface area is 92.3 Å². The highest BCUT2D eigenvalue weighted by atomic mass is 16.4. The van der Waals surface area contributed by atoms with Crippen LogP contribution in [-0.4, -0.2) is 17.4 Å².